The summed E-state index contributed by atoms with van der Waals surface area (Å²) < 4.78 is 14.0. The molecule has 6 nitrogen and oxygen atoms in total. The summed E-state index contributed by atoms with van der Waals surface area (Å²) in [5, 5.41) is 47.2. The van der Waals surface area contributed by atoms with E-state index in [1.54, 1.807) is 22.7 Å². The van der Waals surface area contributed by atoms with Crippen LogP contribution in [0.3, 0.4) is 0 Å². The van der Waals surface area contributed by atoms with Crippen molar-refractivity contribution >= 4 is 183 Å². The van der Waals surface area contributed by atoms with Crippen molar-refractivity contribution < 1.29 is 0 Å². The van der Waals surface area contributed by atoms with Gasteiger partial charge in [0.2, 0.25) is 0 Å². The van der Waals surface area contributed by atoms with Crippen LogP contribution in [0.25, 0.3) is 216 Å². The average Bonchev–Trinajstić information content (AvgIpc) is 1.49. The Bertz CT molecular complexity index is 7830. The van der Waals surface area contributed by atoms with Crippen molar-refractivity contribution in [1.29, 1.82) is 10.5 Å². The number of rotatable bonds is 7. The molecular weight excluding hydrogens is 1330 g/mol. The van der Waals surface area contributed by atoms with Crippen molar-refractivity contribution in [3.8, 4) is 68.3 Å². The molecule has 0 aliphatic heterocycles. The van der Waals surface area contributed by atoms with Gasteiger partial charge in [0.25, 0.3) is 0 Å². The molecule has 0 amide bonds. The minimum Gasteiger partial charge on any atom is -0.306 e. The summed E-state index contributed by atoms with van der Waals surface area (Å²) in [6, 6.07) is 125. The predicted octanol–water partition coefficient (Wildman–Crippen LogP) is 27.0. The molecule has 0 saturated heterocycles. The second-order valence-corrected chi connectivity index (χ2v) is 30.0. The zero-order chi connectivity index (χ0) is 69.6. The summed E-state index contributed by atoms with van der Waals surface area (Å²) in [5.41, 5.74) is 16.9. The van der Waals surface area contributed by atoms with E-state index >= 15 is 0 Å². The van der Waals surface area contributed by atoms with Gasteiger partial charge in [0, 0.05) is 74.0 Å². The Balaban J connectivity index is 0.976. The largest absolute Gasteiger partial charge is 0.306 e. The van der Waals surface area contributed by atoms with Crippen molar-refractivity contribution in [2.45, 2.75) is 0 Å². The summed E-state index contributed by atoms with van der Waals surface area (Å²) in [4.78, 5) is 0. The van der Waals surface area contributed by atoms with Gasteiger partial charge in [-0.15, -0.1) is 22.7 Å². The number of para-hydroxylation sites is 4. The van der Waals surface area contributed by atoms with Gasteiger partial charge in [0.05, 0.1) is 76.3 Å². The normalized spacial score (nSPS) is 12.1. The number of benzene rings is 17. The molecule has 0 atom stereocenters. The molecule has 23 aromatic rings. The highest BCUT2D eigenvalue weighted by atomic mass is 32.1. The quantitative estimate of drug-likeness (QED) is 0.149. The van der Waals surface area contributed by atoms with E-state index in [2.05, 4.69) is 358 Å². The summed E-state index contributed by atoms with van der Waals surface area (Å²) in [6.45, 7) is 0. The smallest absolute Gasteiger partial charge is 0.104 e. The van der Waals surface area contributed by atoms with Crippen LogP contribution in [-0.2, 0) is 0 Å². The van der Waals surface area contributed by atoms with Gasteiger partial charge in [-0.25, -0.2) is 0 Å². The van der Waals surface area contributed by atoms with E-state index in [-0.39, 0.29) is 0 Å². The third-order valence-electron chi connectivity index (χ3n) is 22.6. The third-order valence-corrected chi connectivity index (χ3v) is 25.0. The van der Waals surface area contributed by atoms with Gasteiger partial charge in [0.15, 0.2) is 0 Å². The molecule has 0 radical (unpaired) electrons. The maximum absolute atomic E-state index is 13.7. The number of aromatic nitrogens is 4. The minimum atomic E-state index is 0.394. The molecule has 0 saturated carbocycles. The number of fused-ring (bicyclic) bond motifs is 24. The fraction of sp³-hybridized carbons (Fsp3) is 0. The third kappa shape index (κ3) is 8.06. The predicted molar refractivity (Wildman–Crippen MR) is 448 cm³/mol. The van der Waals surface area contributed by atoms with Gasteiger partial charge in [-0.05, 0) is 120 Å². The summed E-state index contributed by atoms with van der Waals surface area (Å²) >= 11 is 3.56. The van der Waals surface area contributed by atoms with Crippen molar-refractivity contribution in [2.75, 3.05) is 0 Å². The zero-order valence-electron chi connectivity index (χ0n) is 56.7. The molecule has 0 N–H and O–H groups in total. The molecule has 17 aromatic carbocycles. The Hall–Kier alpha value is -13.9. The lowest BCUT2D eigenvalue weighted by atomic mass is 9.91. The minimum absolute atomic E-state index is 0.394. The molecule has 8 heteroatoms. The fourth-order valence-electron chi connectivity index (χ4n) is 18.2. The zero-order valence-corrected chi connectivity index (χ0v) is 58.3. The van der Waals surface area contributed by atoms with Crippen LogP contribution in [-0.4, -0.2) is 18.3 Å². The molecule has 488 valence electrons. The van der Waals surface area contributed by atoms with Crippen molar-refractivity contribution in [3.05, 3.63) is 339 Å². The highest BCUT2D eigenvalue weighted by Gasteiger charge is 2.36. The molecule has 0 aliphatic carbocycles. The molecule has 6 aromatic heterocycles. The van der Waals surface area contributed by atoms with Crippen LogP contribution in [0.15, 0.2) is 328 Å². The van der Waals surface area contributed by atoms with Crippen LogP contribution in [0.2, 0.25) is 0 Å². The van der Waals surface area contributed by atoms with Crippen LogP contribution < -0.4 is 0 Å². The topological polar surface area (TPSA) is 67.3 Å². The van der Waals surface area contributed by atoms with Crippen molar-refractivity contribution in [2.24, 2.45) is 0 Å². The average molecular weight is 1380 g/mol. The number of hydrogen-bond acceptors (Lipinski definition) is 4. The van der Waals surface area contributed by atoms with E-state index in [1.165, 1.54) is 21.5 Å². The van der Waals surface area contributed by atoms with Crippen LogP contribution in [0.1, 0.15) is 11.1 Å². The van der Waals surface area contributed by atoms with Crippen LogP contribution in [0.5, 0.6) is 0 Å². The number of nitriles is 2. The number of hydrogen-bond donors (Lipinski definition) is 0. The maximum Gasteiger partial charge on any atom is 0.104 e. The second-order valence-electron chi connectivity index (χ2n) is 27.9. The summed E-state index contributed by atoms with van der Waals surface area (Å²) in [5.74, 6) is 0. The van der Waals surface area contributed by atoms with E-state index in [0.29, 0.717) is 33.9 Å². The first-order valence-corrected chi connectivity index (χ1v) is 37.5. The van der Waals surface area contributed by atoms with Gasteiger partial charge >= 0.3 is 0 Å². The molecule has 0 fully saturated rings. The Kier molecular flexibility index (Phi) is 12.4. The Morgan fingerprint density at radius 2 is 0.566 bits per heavy atom. The summed E-state index contributed by atoms with van der Waals surface area (Å²) in [6.07, 6.45) is 0. The van der Waals surface area contributed by atoms with Gasteiger partial charge in [-0.3, -0.25) is 0 Å². The van der Waals surface area contributed by atoms with Crippen LogP contribution in [0, 0.1) is 22.7 Å². The SMILES string of the molecule is N#Cc1c(-n2c3ccccc3c3ccccc32)c(-n2c3cc(-c4cc5ccccc5c5ccccc45)ccc3c3ccc4c5ccccc5sc4c32)c(C#N)c(-n2c3ccccc3c3ccccc32)c1-n1c2cc(-c3ccccc3-c3cccc4ccccc34)ccc2c2ccc3c4ccccc4sc3c21. The molecule has 0 unspecified atom stereocenters. The maximum atomic E-state index is 13.7. The molecule has 0 bridgehead atoms. The van der Waals surface area contributed by atoms with Gasteiger partial charge in [0.1, 0.15) is 23.3 Å². The van der Waals surface area contributed by atoms with E-state index in [9.17, 15) is 10.5 Å². The number of thiophene rings is 2. The first-order chi connectivity index (χ1) is 52.6. The number of nitrogens with zero attached hydrogens (tertiary/aromatic N) is 6. The van der Waals surface area contributed by atoms with Crippen LogP contribution >= 0.6 is 22.7 Å². The van der Waals surface area contributed by atoms with Gasteiger partial charge in [-0.1, -0.05) is 273 Å². The second kappa shape index (κ2) is 22.3. The van der Waals surface area contributed by atoms with E-state index in [1.807, 2.05) is 0 Å². The van der Waals surface area contributed by atoms with Gasteiger partial charge in [-0.2, -0.15) is 10.5 Å². The van der Waals surface area contributed by atoms with Gasteiger partial charge < -0.3 is 18.3 Å². The highest BCUT2D eigenvalue weighted by Crippen LogP contribution is 2.54. The molecule has 6 heterocycles. The lowest BCUT2D eigenvalue weighted by Crippen LogP contribution is -2.16. The Morgan fingerprint density at radius 1 is 0.217 bits per heavy atom. The summed E-state index contributed by atoms with van der Waals surface area (Å²) in [7, 11) is 0. The van der Waals surface area contributed by atoms with Crippen molar-refractivity contribution in [3.63, 3.8) is 0 Å². The first kappa shape index (κ1) is 58.7. The van der Waals surface area contributed by atoms with E-state index in [0.717, 1.165) is 172 Å². The van der Waals surface area contributed by atoms with E-state index < -0.39 is 0 Å². The molecule has 0 spiro atoms. The van der Waals surface area contributed by atoms with E-state index in [4.69, 9.17) is 0 Å². The molecular formula is C98H54N6S2. The Labute approximate surface area is 614 Å². The first-order valence-electron chi connectivity index (χ1n) is 35.8. The van der Waals surface area contributed by atoms with Crippen molar-refractivity contribution in [1.82, 2.24) is 18.3 Å². The molecule has 106 heavy (non-hydrogen) atoms. The lowest BCUT2D eigenvalue weighted by Gasteiger charge is -2.27. The fourth-order valence-corrected chi connectivity index (χ4v) is 20.7. The standard InChI is InChI=1S/C98H54N6S2/c99-55-81-92(102-85-40-17-11-33-70(85)71-34-12-18-41-86(71)102)94(104-88-54-60(80-52-58-23-2-4-26-62(58)65-29-7-8-30-67(65)80)45-47-73(88)77-49-51-79-75-36-14-20-43-90(75)106-98(79)96(77)104)82(56-100)91(101-83-38-15-9-31-68(83)69-32-10-16-39-84(69)101)93(81)103-87-53-59(63-27-5-6-28-64(63)66-37-21-24-57-22-1-3-25-61(57)66)44-46-72(87)76-48-50-78-74-35-13-19-42-89(74)105-97(78)95(76)103/h1-54H. The highest BCUT2D eigenvalue weighted by molar-refractivity contribution is 7.27. The lowest BCUT2D eigenvalue weighted by molar-refractivity contribution is 1.03. The van der Waals surface area contributed by atoms with Crippen LogP contribution in [0.4, 0.5) is 0 Å². The molecule has 23 rings (SSSR count). The molecule has 0 aliphatic rings. The Morgan fingerprint density at radius 3 is 1.08 bits per heavy atom. The monoisotopic (exact) mass is 1380 g/mol.